The molecule has 0 N–H and O–H groups in total. The second-order valence-corrected chi connectivity index (χ2v) is 5.56. The van der Waals surface area contributed by atoms with Crippen LogP contribution in [0.25, 0.3) is 5.69 Å². The van der Waals surface area contributed by atoms with Gasteiger partial charge in [-0.2, -0.15) is 5.10 Å². The van der Waals surface area contributed by atoms with E-state index in [1.54, 1.807) is 18.6 Å². The quantitative estimate of drug-likeness (QED) is 0.770. The van der Waals surface area contributed by atoms with E-state index in [4.69, 9.17) is 0 Å². The van der Waals surface area contributed by atoms with Gasteiger partial charge in [0, 0.05) is 18.8 Å². The summed E-state index contributed by atoms with van der Waals surface area (Å²) in [5.74, 6) is 0.196. The van der Waals surface area contributed by atoms with Crippen molar-refractivity contribution in [3.63, 3.8) is 0 Å². The Hall–Kier alpha value is -1.97. The number of ketones is 1. The maximum Gasteiger partial charge on any atom is 0.166 e. The lowest BCUT2D eigenvalue weighted by molar-refractivity contribution is 0.0911. The molecule has 2 aromatic heterocycles. The predicted molar refractivity (Wildman–Crippen MR) is 67.8 cm³/mol. The molecule has 2 heterocycles. The van der Waals surface area contributed by atoms with Crippen LogP contribution in [0.3, 0.4) is 0 Å². The second kappa shape index (κ2) is 3.77. The Morgan fingerprint density at radius 2 is 1.94 bits per heavy atom. The minimum atomic E-state index is 0.00883. The van der Waals surface area contributed by atoms with Gasteiger partial charge < -0.3 is 0 Å². The predicted octanol–water partition coefficient (Wildman–Crippen LogP) is 2.42. The molecule has 1 aliphatic carbocycles. The standard InChI is InChI=1S/C14H15N3O/c1-14(2)7-12-11(13(18)8-14)9-16-17(12)10-3-5-15-6-4-10/h3-6,9H,7-8H2,1-2H3. The van der Waals surface area contributed by atoms with Crippen LogP contribution in [0.1, 0.15) is 36.3 Å². The number of rotatable bonds is 1. The van der Waals surface area contributed by atoms with Gasteiger partial charge in [0.05, 0.1) is 23.1 Å². The highest BCUT2D eigenvalue weighted by molar-refractivity contribution is 5.98. The molecule has 1 aliphatic rings. The molecule has 0 fully saturated rings. The van der Waals surface area contributed by atoms with Crippen LogP contribution in [-0.2, 0) is 6.42 Å². The van der Waals surface area contributed by atoms with Crippen molar-refractivity contribution < 1.29 is 4.79 Å². The Balaban J connectivity index is 2.13. The van der Waals surface area contributed by atoms with Crippen LogP contribution in [0.15, 0.2) is 30.7 Å². The summed E-state index contributed by atoms with van der Waals surface area (Å²) in [4.78, 5) is 16.1. The van der Waals surface area contributed by atoms with Gasteiger partial charge >= 0.3 is 0 Å². The lowest BCUT2D eigenvalue weighted by Crippen LogP contribution is -2.27. The Morgan fingerprint density at radius 1 is 1.22 bits per heavy atom. The Bertz CT molecular complexity index is 599. The van der Waals surface area contributed by atoms with Crippen molar-refractivity contribution in [2.45, 2.75) is 26.7 Å². The van der Waals surface area contributed by atoms with Crippen molar-refractivity contribution >= 4 is 5.78 Å². The van der Waals surface area contributed by atoms with E-state index < -0.39 is 0 Å². The van der Waals surface area contributed by atoms with Crippen LogP contribution in [-0.4, -0.2) is 20.5 Å². The van der Waals surface area contributed by atoms with Crippen LogP contribution in [0.2, 0.25) is 0 Å². The van der Waals surface area contributed by atoms with Gasteiger partial charge in [0.1, 0.15) is 0 Å². The Kier molecular flexibility index (Phi) is 2.33. The van der Waals surface area contributed by atoms with Gasteiger partial charge in [0.15, 0.2) is 5.78 Å². The number of fused-ring (bicyclic) bond motifs is 1. The summed E-state index contributed by atoms with van der Waals surface area (Å²) in [5, 5.41) is 4.35. The largest absolute Gasteiger partial charge is 0.294 e. The molecule has 92 valence electrons. The van der Waals surface area contributed by atoms with Gasteiger partial charge in [-0.1, -0.05) is 13.8 Å². The molecule has 4 nitrogen and oxygen atoms in total. The molecule has 0 bridgehead atoms. The van der Waals surface area contributed by atoms with E-state index in [0.717, 1.165) is 23.4 Å². The third-order valence-electron chi connectivity index (χ3n) is 3.36. The first-order chi connectivity index (χ1) is 8.57. The molecule has 0 saturated heterocycles. The smallest absolute Gasteiger partial charge is 0.166 e. The zero-order valence-electron chi connectivity index (χ0n) is 10.6. The zero-order valence-corrected chi connectivity index (χ0v) is 10.6. The van der Waals surface area contributed by atoms with E-state index in [2.05, 4.69) is 23.9 Å². The number of Topliss-reactive ketones (excluding diaryl/α,β-unsaturated/α-hetero) is 1. The number of carbonyl (C=O) groups is 1. The highest BCUT2D eigenvalue weighted by Gasteiger charge is 2.33. The SMILES string of the molecule is CC1(C)CC(=O)c2cnn(-c3ccncc3)c2C1. The third kappa shape index (κ3) is 1.74. The summed E-state index contributed by atoms with van der Waals surface area (Å²) in [6.45, 7) is 4.25. The number of nitrogens with zero attached hydrogens (tertiary/aromatic N) is 3. The van der Waals surface area contributed by atoms with Gasteiger partial charge in [-0.15, -0.1) is 0 Å². The molecular weight excluding hydrogens is 226 g/mol. The molecule has 0 saturated carbocycles. The maximum absolute atomic E-state index is 12.1. The molecular formula is C14H15N3O. The lowest BCUT2D eigenvalue weighted by atomic mass is 9.76. The summed E-state index contributed by atoms with van der Waals surface area (Å²) in [7, 11) is 0. The van der Waals surface area contributed by atoms with E-state index in [1.807, 2.05) is 16.8 Å². The van der Waals surface area contributed by atoms with Crippen molar-refractivity contribution in [3.8, 4) is 5.69 Å². The molecule has 0 atom stereocenters. The van der Waals surface area contributed by atoms with Gasteiger partial charge in [-0.05, 0) is 24.0 Å². The number of hydrogen-bond donors (Lipinski definition) is 0. The van der Waals surface area contributed by atoms with E-state index in [-0.39, 0.29) is 11.2 Å². The fourth-order valence-corrected chi connectivity index (χ4v) is 2.53. The molecule has 0 amide bonds. The number of aromatic nitrogens is 3. The summed E-state index contributed by atoms with van der Waals surface area (Å²) >= 11 is 0. The fourth-order valence-electron chi connectivity index (χ4n) is 2.53. The molecule has 0 aliphatic heterocycles. The molecule has 18 heavy (non-hydrogen) atoms. The molecule has 0 aromatic carbocycles. The molecule has 4 heteroatoms. The van der Waals surface area contributed by atoms with E-state index in [0.29, 0.717) is 6.42 Å². The van der Waals surface area contributed by atoms with E-state index in [1.165, 1.54) is 0 Å². The van der Waals surface area contributed by atoms with Gasteiger partial charge in [0.25, 0.3) is 0 Å². The van der Waals surface area contributed by atoms with E-state index in [9.17, 15) is 4.79 Å². The van der Waals surface area contributed by atoms with Crippen LogP contribution >= 0.6 is 0 Å². The van der Waals surface area contributed by atoms with Crippen molar-refractivity contribution in [1.82, 2.24) is 14.8 Å². The molecule has 0 spiro atoms. The molecule has 0 unspecified atom stereocenters. The van der Waals surface area contributed by atoms with Gasteiger partial charge in [-0.3, -0.25) is 9.78 Å². The average Bonchev–Trinajstić information content (AvgIpc) is 2.72. The van der Waals surface area contributed by atoms with E-state index >= 15 is 0 Å². The Morgan fingerprint density at radius 3 is 2.67 bits per heavy atom. The first-order valence-corrected chi connectivity index (χ1v) is 6.07. The zero-order chi connectivity index (χ0) is 12.8. The van der Waals surface area contributed by atoms with Crippen LogP contribution in [0.4, 0.5) is 0 Å². The molecule has 3 rings (SSSR count). The first kappa shape index (κ1) is 11.1. The minimum absolute atomic E-state index is 0.00883. The number of carbonyl (C=O) groups excluding carboxylic acids is 1. The second-order valence-electron chi connectivity index (χ2n) is 5.56. The molecule has 0 radical (unpaired) electrons. The first-order valence-electron chi connectivity index (χ1n) is 6.07. The van der Waals surface area contributed by atoms with Crippen LogP contribution < -0.4 is 0 Å². The third-order valence-corrected chi connectivity index (χ3v) is 3.36. The van der Waals surface area contributed by atoms with Crippen molar-refractivity contribution in [2.75, 3.05) is 0 Å². The van der Waals surface area contributed by atoms with Crippen LogP contribution in [0.5, 0.6) is 0 Å². The Labute approximate surface area is 106 Å². The van der Waals surface area contributed by atoms with Crippen molar-refractivity contribution in [3.05, 3.63) is 42.0 Å². The van der Waals surface area contributed by atoms with Crippen molar-refractivity contribution in [1.29, 1.82) is 0 Å². The summed E-state index contributed by atoms with van der Waals surface area (Å²) < 4.78 is 1.86. The molecule has 2 aromatic rings. The summed E-state index contributed by atoms with van der Waals surface area (Å²) in [6.07, 6.45) is 6.63. The minimum Gasteiger partial charge on any atom is -0.294 e. The number of hydrogen-bond acceptors (Lipinski definition) is 3. The summed E-state index contributed by atoms with van der Waals surface area (Å²) in [6, 6.07) is 3.80. The maximum atomic E-state index is 12.1. The monoisotopic (exact) mass is 241 g/mol. The normalized spacial score (nSPS) is 17.6. The average molecular weight is 241 g/mol. The topological polar surface area (TPSA) is 47.8 Å². The number of pyridine rings is 1. The highest BCUT2D eigenvalue weighted by atomic mass is 16.1. The van der Waals surface area contributed by atoms with Gasteiger partial charge in [-0.25, -0.2) is 4.68 Å². The lowest BCUT2D eigenvalue weighted by Gasteiger charge is -2.28. The van der Waals surface area contributed by atoms with Crippen LogP contribution in [0, 0.1) is 5.41 Å². The van der Waals surface area contributed by atoms with Crippen molar-refractivity contribution in [2.24, 2.45) is 5.41 Å². The summed E-state index contributed by atoms with van der Waals surface area (Å²) in [5.41, 5.74) is 2.75. The highest BCUT2D eigenvalue weighted by Crippen LogP contribution is 2.35. The fraction of sp³-hybridized carbons (Fsp3) is 0.357. The van der Waals surface area contributed by atoms with Gasteiger partial charge in [0.2, 0.25) is 0 Å².